The van der Waals surface area contributed by atoms with Gasteiger partial charge >= 0.3 is 0 Å². The average Bonchev–Trinajstić information content (AvgIpc) is 3.09. The van der Waals surface area contributed by atoms with Gasteiger partial charge in [-0.25, -0.2) is 15.0 Å². The molecule has 4 aromatic carbocycles. The van der Waals surface area contributed by atoms with E-state index in [1.54, 1.807) is 11.1 Å². The largest absolute Gasteiger partial charge is 0.208 e. The lowest BCUT2D eigenvalue weighted by molar-refractivity contribution is 0.435. The molecule has 0 spiro atoms. The van der Waals surface area contributed by atoms with Crippen LogP contribution in [0.5, 0.6) is 0 Å². The minimum Gasteiger partial charge on any atom is -0.208 e. The Hall–Kier alpha value is -4.11. The first-order chi connectivity index (χ1) is 20.8. The molecule has 42 heavy (non-hydrogen) atoms. The van der Waals surface area contributed by atoms with E-state index in [0.717, 1.165) is 16.7 Å². The highest BCUT2D eigenvalue weighted by Gasteiger charge is 2.21. The fraction of sp³-hybridized carbons (Fsp3) is 0.308. The van der Waals surface area contributed by atoms with Gasteiger partial charge in [0.25, 0.3) is 0 Å². The van der Waals surface area contributed by atoms with Crippen molar-refractivity contribution in [3.8, 4) is 45.3 Å². The van der Waals surface area contributed by atoms with Crippen LogP contribution < -0.4 is 0 Å². The highest BCUT2D eigenvalue weighted by molar-refractivity contribution is 5.73. The number of hydrogen-bond acceptors (Lipinski definition) is 3. The zero-order valence-corrected chi connectivity index (χ0v) is 24.4. The molecule has 0 aliphatic heterocycles. The summed E-state index contributed by atoms with van der Waals surface area (Å²) < 4.78 is 0. The molecule has 210 valence electrons. The van der Waals surface area contributed by atoms with Gasteiger partial charge in [-0.3, -0.25) is 0 Å². The van der Waals surface area contributed by atoms with Crippen LogP contribution in [0, 0.1) is 0 Å². The summed E-state index contributed by atoms with van der Waals surface area (Å²) in [6.45, 7) is 0. The van der Waals surface area contributed by atoms with Gasteiger partial charge in [0.15, 0.2) is 17.5 Å². The summed E-state index contributed by atoms with van der Waals surface area (Å²) in [7, 11) is 0. The Bertz CT molecular complexity index is 1540. The molecule has 0 bridgehead atoms. The number of hydrogen-bond donors (Lipinski definition) is 0. The van der Waals surface area contributed by atoms with Crippen LogP contribution in [-0.2, 0) is 0 Å². The predicted octanol–water partition coefficient (Wildman–Crippen LogP) is 10.6. The molecule has 3 nitrogen and oxygen atoms in total. The molecule has 2 saturated carbocycles. The molecule has 5 aromatic rings. The minimum atomic E-state index is 0.689. The number of aromatic nitrogens is 3. The highest BCUT2D eigenvalue weighted by atomic mass is 15.0. The SMILES string of the molecule is c1ccc(-c2nc(-c3ccccc3)nc(-c3cccc(-c4cc(C5CCCCC5)cc(C5CCCCC5)c4)c3)n2)cc1. The maximum atomic E-state index is 4.99. The van der Waals surface area contributed by atoms with Crippen molar-refractivity contribution in [2.45, 2.75) is 76.0 Å². The Kier molecular flexibility index (Phi) is 7.91. The Morgan fingerprint density at radius 2 is 0.786 bits per heavy atom. The summed E-state index contributed by atoms with van der Waals surface area (Å²) in [5.41, 5.74) is 8.68. The minimum absolute atomic E-state index is 0.689. The molecule has 3 heteroatoms. The second-order valence-electron chi connectivity index (χ2n) is 12.2. The molecule has 2 aliphatic carbocycles. The first-order valence-corrected chi connectivity index (χ1v) is 15.9. The van der Waals surface area contributed by atoms with E-state index in [4.69, 9.17) is 15.0 Å². The second-order valence-corrected chi connectivity index (χ2v) is 12.2. The van der Waals surface area contributed by atoms with Gasteiger partial charge in [-0.15, -0.1) is 0 Å². The lowest BCUT2D eigenvalue weighted by Gasteiger charge is -2.27. The summed E-state index contributed by atoms with van der Waals surface area (Å²) in [5.74, 6) is 3.48. The Morgan fingerprint density at radius 3 is 1.29 bits per heavy atom. The first kappa shape index (κ1) is 26.8. The third-order valence-electron chi connectivity index (χ3n) is 9.28. The fourth-order valence-electron chi connectivity index (χ4n) is 6.96. The van der Waals surface area contributed by atoms with Crippen molar-refractivity contribution in [2.75, 3.05) is 0 Å². The highest BCUT2D eigenvalue weighted by Crippen LogP contribution is 2.40. The molecular weight excluding hydrogens is 510 g/mol. The zero-order chi connectivity index (χ0) is 28.1. The normalized spacial score (nSPS) is 16.4. The Labute approximate surface area is 250 Å². The van der Waals surface area contributed by atoms with Crippen LogP contribution in [-0.4, -0.2) is 15.0 Å². The van der Waals surface area contributed by atoms with Crippen molar-refractivity contribution in [3.05, 3.63) is 114 Å². The molecule has 7 rings (SSSR count). The standard InChI is InChI=1S/C39H39N3/c1-5-14-28(15-6-1)34-25-35(29-16-7-2-8-17-29)27-36(26-34)32-22-13-23-33(24-32)39-41-37(30-18-9-3-10-19-30)40-38(42-39)31-20-11-4-12-21-31/h3-4,9-13,18-29H,1-2,5-8,14-17H2. The van der Waals surface area contributed by atoms with Crippen LogP contribution >= 0.6 is 0 Å². The molecule has 0 N–H and O–H groups in total. The van der Waals surface area contributed by atoms with Gasteiger partial charge in [0.05, 0.1) is 0 Å². The van der Waals surface area contributed by atoms with E-state index in [1.807, 2.05) is 36.4 Å². The van der Waals surface area contributed by atoms with E-state index in [2.05, 4.69) is 66.7 Å². The van der Waals surface area contributed by atoms with Crippen LogP contribution in [0.25, 0.3) is 45.3 Å². The molecular formula is C39H39N3. The fourth-order valence-corrected chi connectivity index (χ4v) is 6.96. The molecule has 0 unspecified atom stereocenters. The van der Waals surface area contributed by atoms with Gasteiger partial charge in [-0.1, -0.05) is 136 Å². The van der Waals surface area contributed by atoms with E-state index >= 15 is 0 Å². The van der Waals surface area contributed by atoms with Crippen LogP contribution in [0.1, 0.15) is 87.2 Å². The van der Waals surface area contributed by atoms with E-state index in [-0.39, 0.29) is 0 Å². The molecule has 0 radical (unpaired) electrons. The number of rotatable bonds is 6. The van der Waals surface area contributed by atoms with Crippen LogP contribution in [0.4, 0.5) is 0 Å². The quantitative estimate of drug-likeness (QED) is 0.211. The van der Waals surface area contributed by atoms with Crippen LogP contribution in [0.2, 0.25) is 0 Å². The molecule has 1 aromatic heterocycles. The summed E-state index contributed by atoms with van der Waals surface area (Å²) in [4.78, 5) is 14.9. The summed E-state index contributed by atoms with van der Waals surface area (Å²) in [6.07, 6.45) is 13.5. The maximum absolute atomic E-state index is 4.99. The van der Waals surface area contributed by atoms with Crippen molar-refractivity contribution in [2.24, 2.45) is 0 Å². The third-order valence-corrected chi connectivity index (χ3v) is 9.28. The lowest BCUT2D eigenvalue weighted by atomic mass is 9.78. The molecule has 2 aliphatic rings. The first-order valence-electron chi connectivity index (χ1n) is 15.9. The summed E-state index contributed by atoms with van der Waals surface area (Å²) in [6, 6.07) is 36.8. The second kappa shape index (κ2) is 12.4. The number of nitrogens with zero attached hydrogens (tertiary/aromatic N) is 3. The van der Waals surface area contributed by atoms with Crippen molar-refractivity contribution < 1.29 is 0 Å². The van der Waals surface area contributed by atoms with Gasteiger partial charge in [0.1, 0.15) is 0 Å². The van der Waals surface area contributed by atoms with Gasteiger partial charge in [-0.05, 0) is 65.8 Å². The van der Waals surface area contributed by atoms with Gasteiger partial charge < -0.3 is 0 Å². The van der Waals surface area contributed by atoms with Crippen LogP contribution in [0.15, 0.2) is 103 Å². The lowest BCUT2D eigenvalue weighted by Crippen LogP contribution is -2.08. The van der Waals surface area contributed by atoms with Crippen molar-refractivity contribution in [1.82, 2.24) is 15.0 Å². The average molecular weight is 550 g/mol. The smallest absolute Gasteiger partial charge is 0.164 e. The molecule has 0 amide bonds. The number of benzene rings is 4. The zero-order valence-electron chi connectivity index (χ0n) is 24.4. The Morgan fingerprint density at radius 1 is 0.357 bits per heavy atom. The van der Waals surface area contributed by atoms with Crippen molar-refractivity contribution in [1.29, 1.82) is 0 Å². The summed E-state index contributed by atoms with van der Waals surface area (Å²) >= 11 is 0. The molecule has 0 saturated heterocycles. The third kappa shape index (κ3) is 5.92. The van der Waals surface area contributed by atoms with Crippen LogP contribution in [0.3, 0.4) is 0 Å². The topological polar surface area (TPSA) is 38.7 Å². The maximum Gasteiger partial charge on any atom is 0.164 e. The van der Waals surface area contributed by atoms with E-state index < -0.39 is 0 Å². The molecule has 1 heterocycles. The van der Waals surface area contributed by atoms with Gasteiger partial charge in [0, 0.05) is 16.7 Å². The van der Waals surface area contributed by atoms with E-state index in [1.165, 1.54) is 75.3 Å². The van der Waals surface area contributed by atoms with Crippen molar-refractivity contribution >= 4 is 0 Å². The Balaban J connectivity index is 1.31. The van der Waals surface area contributed by atoms with Crippen molar-refractivity contribution in [3.63, 3.8) is 0 Å². The van der Waals surface area contributed by atoms with E-state index in [0.29, 0.717) is 29.3 Å². The van der Waals surface area contributed by atoms with E-state index in [9.17, 15) is 0 Å². The van der Waals surface area contributed by atoms with Gasteiger partial charge in [0.2, 0.25) is 0 Å². The summed E-state index contributed by atoms with van der Waals surface area (Å²) in [5, 5.41) is 0. The molecule has 0 atom stereocenters. The van der Waals surface area contributed by atoms with Gasteiger partial charge in [-0.2, -0.15) is 0 Å². The monoisotopic (exact) mass is 549 g/mol. The predicted molar refractivity (Wildman–Crippen MR) is 173 cm³/mol. The molecule has 2 fully saturated rings.